The molecular formula is C30H26F2N10O2. The third kappa shape index (κ3) is 5.19. The number of tetrazole rings is 1. The molecule has 0 aliphatic carbocycles. The standard InChI is InChI=1S/C30H26F2N10O2/c1-39-18-33-17-24(39)20-7-8-22-25(16-20)44-28(35-22)21-9-10-34-23(15-21)29(43)41-13-11-40(12-14-41)26(19-5-3-2-4-6-19)27-36-38-42(37-27)30(31)32/h2-10,15-18,26,30H,11-14H2,1H3. The second kappa shape index (κ2) is 11.4. The van der Waals surface area contributed by atoms with Crippen LogP contribution < -0.4 is 0 Å². The Balaban J connectivity index is 1.08. The molecule has 0 radical (unpaired) electrons. The molecule has 2 aromatic carbocycles. The fourth-order valence-electron chi connectivity index (χ4n) is 5.46. The lowest BCUT2D eigenvalue weighted by Gasteiger charge is -2.38. The number of hydrogen-bond acceptors (Lipinski definition) is 9. The summed E-state index contributed by atoms with van der Waals surface area (Å²) in [5.74, 6) is 0.342. The fraction of sp³-hybridized carbons (Fsp3) is 0.233. The molecule has 1 atom stereocenters. The summed E-state index contributed by atoms with van der Waals surface area (Å²) >= 11 is 0. The van der Waals surface area contributed by atoms with Crippen LogP contribution in [0.5, 0.6) is 0 Å². The summed E-state index contributed by atoms with van der Waals surface area (Å²) in [6.45, 7) is -1.14. The Morgan fingerprint density at radius 2 is 1.80 bits per heavy atom. The van der Waals surface area contributed by atoms with Crippen LogP contribution in [-0.4, -0.2) is 81.6 Å². The predicted molar refractivity (Wildman–Crippen MR) is 154 cm³/mol. The van der Waals surface area contributed by atoms with Gasteiger partial charge in [-0.15, -0.1) is 10.2 Å². The number of imidazole rings is 1. The van der Waals surface area contributed by atoms with Gasteiger partial charge in [-0.3, -0.25) is 14.7 Å². The van der Waals surface area contributed by atoms with Crippen molar-refractivity contribution in [3.8, 4) is 22.7 Å². The van der Waals surface area contributed by atoms with Gasteiger partial charge in [0, 0.05) is 50.6 Å². The van der Waals surface area contributed by atoms with E-state index in [9.17, 15) is 13.6 Å². The van der Waals surface area contributed by atoms with Gasteiger partial charge in [-0.1, -0.05) is 41.2 Å². The van der Waals surface area contributed by atoms with Crippen molar-refractivity contribution in [3.63, 3.8) is 0 Å². The van der Waals surface area contributed by atoms with Crippen LogP contribution in [0.1, 0.15) is 34.5 Å². The number of amides is 1. The highest BCUT2D eigenvalue weighted by atomic mass is 19.3. The van der Waals surface area contributed by atoms with Gasteiger partial charge in [0.15, 0.2) is 11.4 Å². The zero-order valence-corrected chi connectivity index (χ0v) is 23.5. The number of hydrogen-bond donors (Lipinski definition) is 0. The second-order valence-electron chi connectivity index (χ2n) is 10.4. The number of piperazine rings is 1. The van der Waals surface area contributed by atoms with Gasteiger partial charge in [-0.05, 0) is 35.0 Å². The summed E-state index contributed by atoms with van der Waals surface area (Å²) in [6.07, 6.45) is 5.09. The first-order valence-electron chi connectivity index (χ1n) is 13.9. The molecule has 1 saturated heterocycles. The summed E-state index contributed by atoms with van der Waals surface area (Å²) in [7, 11) is 1.93. The highest BCUT2D eigenvalue weighted by molar-refractivity contribution is 5.93. The molecule has 7 rings (SSSR count). The summed E-state index contributed by atoms with van der Waals surface area (Å²) < 4.78 is 34.4. The van der Waals surface area contributed by atoms with Crippen LogP contribution >= 0.6 is 0 Å². The molecule has 14 heteroatoms. The van der Waals surface area contributed by atoms with Crippen molar-refractivity contribution in [2.24, 2.45) is 7.05 Å². The summed E-state index contributed by atoms with van der Waals surface area (Å²) in [5.41, 5.74) is 4.98. The van der Waals surface area contributed by atoms with Crippen molar-refractivity contribution in [2.75, 3.05) is 26.2 Å². The van der Waals surface area contributed by atoms with Crippen molar-refractivity contribution >= 4 is 17.0 Å². The maximum Gasteiger partial charge on any atom is 0.350 e. The van der Waals surface area contributed by atoms with Crippen molar-refractivity contribution in [1.29, 1.82) is 0 Å². The molecule has 0 spiro atoms. The Bertz CT molecular complexity index is 1930. The maximum absolute atomic E-state index is 13.5. The number of oxazole rings is 1. The highest BCUT2D eigenvalue weighted by Gasteiger charge is 2.32. The summed E-state index contributed by atoms with van der Waals surface area (Å²) in [5, 5.41) is 11.4. The van der Waals surface area contributed by atoms with Crippen molar-refractivity contribution in [1.82, 2.24) is 49.5 Å². The van der Waals surface area contributed by atoms with E-state index in [1.54, 1.807) is 35.8 Å². The van der Waals surface area contributed by atoms with Crippen LogP contribution in [0.4, 0.5) is 8.78 Å². The first-order valence-corrected chi connectivity index (χ1v) is 13.9. The van der Waals surface area contributed by atoms with Gasteiger partial charge in [-0.25, -0.2) is 9.97 Å². The third-order valence-electron chi connectivity index (χ3n) is 7.67. The average Bonchev–Trinajstić information content (AvgIpc) is 3.82. The molecule has 44 heavy (non-hydrogen) atoms. The molecule has 0 saturated carbocycles. The van der Waals surface area contributed by atoms with Gasteiger partial charge in [0.25, 0.3) is 5.91 Å². The minimum Gasteiger partial charge on any atom is -0.436 e. The van der Waals surface area contributed by atoms with Crippen molar-refractivity contribution in [3.05, 3.63) is 96.5 Å². The van der Waals surface area contributed by atoms with Gasteiger partial charge < -0.3 is 13.9 Å². The number of pyridine rings is 1. The number of carbonyl (C=O) groups excluding carboxylic acids is 1. The molecule has 0 bridgehead atoms. The molecule has 4 aromatic heterocycles. The molecule has 5 heterocycles. The molecule has 1 aliphatic rings. The van der Waals surface area contributed by atoms with Gasteiger partial charge >= 0.3 is 6.55 Å². The van der Waals surface area contributed by atoms with Crippen LogP contribution in [0.3, 0.4) is 0 Å². The molecule has 1 fully saturated rings. The third-order valence-corrected chi connectivity index (χ3v) is 7.67. The van der Waals surface area contributed by atoms with Crippen LogP contribution in [0, 0.1) is 0 Å². The molecule has 1 unspecified atom stereocenters. The summed E-state index contributed by atoms with van der Waals surface area (Å²) in [6, 6.07) is 18.1. The molecule has 12 nitrogen and oxygen atoms in total. The lowest BCUT2D eigenvalue weighted by molar-refractivity contribution is 0.0385. The van der Waals surface area contributed by atoms with Gasteiger partial charge in [0.2, 0.25) is 5.89 Å². The average molecular weight is 597 g/mol. The molecular weight excluding hydrogens is 570 g/mol. The van der Waals surface area contributed by atoms with Crippen molar-refractivity contribution in [2.45, 2.75) is 12.6 Å². The predicted octanol–water partition coefficient (Wildman–Crippen LogP) is 4.22. The minimum atomic E-state index is -2.88. The zero-order valence-electron chi connectivity index (χ0n) is 23.5. The monoisotopic (exact) mass is 596 g/mol. The molecule has 0 N–H and O–H groups in total. The highest BCUT2D eigenvalue weighted by Crippen LogP contribution is 2.30. The smallest absolute Gasteiger partial charge is 0.350 e. The topological polar surface area (TPSA) is 124 Å². The fourth-order valence-corrected chi connectivity index (χ4v) is 5.46. The number of carbonyl (C=O) groups is 1. The van der Waals surface area contributed by atoms with Crippen molar-refractivity contribution < 1.29 is 18.0 Å². The first-order chi connectivity index (χ1) is 21.4. The lowest BCUT2D eigenvalue weighted by Crippen LogP contribution is -2.50. The molecule has 6 aromatic rings. The van der Waals surface area contributed by atoms with Crippen LogP contribution in [0.2, 0.25) is 0 Å². The number of benzene rings is 2. The normalized spacial score (nSPS) is 14.9. The van der Waals surface area contributed by atoms with Gasteiger partial charge in [-0.2, -0.15) is 8.78 Å². The second-order valence-corrected chi connectivity index (χ2v) is 10.4. The van der Waals surface area contributed by atoms with Crippen LogP contribution in [0.15, 0.2) is 83.8 Å². The van der Waals surface area contributed by atoms with E-state index in [1.807, 2.05) is 60.1 Å². The Morgan fingerprint density at radius 1 is 0.977 bits per heavy atom. The first kappa shape index (κ1) is 27.5. The minimum absolute atomic E-state index is 0.177. The number of alkyl halides is 2. The van der Waals surface area contributed by atoms with E-state index in [2.05, 4.69) is 35.3 Å². The lowest BCUT2D eigenvalue weighted by atomic mass is 10.0. The van der Waals surface area contributed by atoms with E-state index in [-0.39, 0.29) is 17.4 Å². The number of nitrogens with zero attached hydrogens (tertiary/aromatic N) is 10. The van der Waals surface area contributed by atoms with Gasteiger partial charge in [0.05, 0.1) is 24.3 Å². The van der Waals surface area contributed by atoms with E-state index >= 15 is 0 Å². The van der Waals surface area contributed by atoms with E-state index in [0.29, 0.717) is 53.5 Å². The Morgan fingerprint density at radius 3 is 2.52 bits per heavy atom. The Labute approximate surface area is 249 Å². The van der Waals surface area contributed by atoms with Gasteiger partial charge in [0.1, 0.15) is 11.2 Å². The number of aryl methyl sites for hydroxylation is 1. The number of rotatable bonds is 7. The molecule has 1 aliphatic heterocycles. The summed E-state index contributed by atoms with van der Waals surface area (Å²) in [4.78, 5) is 30.8. The van der Waals surface area contributed by atoms with Crippen LogP contribution in [0.25, 0.3) is 33.8 Å². The quantitative estimate of drug-likeness (QED) is 0.266. The maximum atomic E-state index is 13.5. The molecule has 1 amide bonds. The molecule has 222 valence electrons. The SMILES string of the molecule is Cn1cncc1-c1ccc2nc(-c3ccnc(C(=O)N4CCN(C(c5ccccc5)c5nnn(C(F)F)n5)CC4)c3)oc2c1. The Kier molecular flexibility index (Phi) is 7.10. The van der Waals surface area contributed by atoms with E-state index < -0.39 is 12.6 Å². The largest absolute Gasteiger partial charge is 0.436 e. The number of aromatic nitrogens is 8. The zero-order chi connectivity index (χ0) is 30.2. The number of halogens is 2. The van der Waals surface area contributed by atoms with E-state index in [1.165, 1.54) is 0 Å². The van der Waals surface area contributed by atoms with E-state index in [4.69, 9.17) is 4.42 Å². The van der Waals surface area contributed by atoms with E-state index in [0.717, 1.165) is 16.8 Å². The van der Waals surface area contributed by atoms with Crippen LogP contribution in [-0.2, 0) is 7.05 Å². The number of fused-ring (bicyclic) bond motifs is 1. The Hall–Kier alpha value is -5.37.